The Morgan fingerprint density at radius 3 is 2.46 bits per heavy atom. The minimum absolute atomic E-state index is 0.0267. The Bertz CT molecular complexity index is 735. The second-order valence-electron chi connectivity index (χ2n) is 7.37. The van der Waals surface area contributed by atoms with Crippen LogP contribution in [0.15, 0.2) is 12.1 Å². The van der Waals surface area contributed by atoms with Gasteiger partial charge in [-0.05, 0) is 31.6 Å². The van der Waals surface area contributed by atoms with Gasteiger partial charge in [0.25, 0.3) is 0 Å². The molecule has 0 bridgehead atoms. The fourth-order valence-electron chi connectivity index (χ4n) is 3.45. The fourth-order valence-corrected chi connectivity index (χ4v) is 3.45. The van der Waals surface area contributed by atoms with Crippen LogP contribution < -0.4 is 20.1 Å². The lowest BCUT2D eigenvalue weighted by Gasteiger charge is -2.42. The third kappa shape index (κ3) is 5.03. The largest absolute Gasteiger partial charge is 0.494 e. The van der Waals surface area contributed by atoms with Gasteiger partial charge in [-0.15, -0.1) is 0 Å². The lowest BCUT2D eigenvalue weighted by atomic mass is 9.85. The lowest BCUT2D eigenvalue weighted by molar-refractivity contribution is -0.139. The maximum Gasteiger partial charge on any atom is 0.319 e. The average molecular weight is 395 g/mol. The van der Waals surface area contributed by atoms with Gasteiger partial charge in [-0.1, -0.05) is 0 Å². The van der Waals surface area contributed by atoms with Crippen LogP contribution in [0.5, 0.6) is 11.5 Å². The van der Waals surface area contributed by atoms with E-state index in [1.807, 2.05) is 4.90 Å². The predicted molar refractivity (Wildman–Crippen MR) is 100 cm³/mol. The maximum absolute atomic E-state index is 13.9. The van der Waals surface area contributed by atoms with Crippen molar-refractivity contribution in [3.8, 4) is 11.5 Å². The number of amides is 2. The summed E-state index contributed by atoms with van der Waals surface area (Å²) in [4.78, 5) is 25.3. The number of hydrogen-bond donors (Lipinski definition) is 3. The van der Waals surface area contributed by atoms with E-state index in [1.54, 1.807) is 0 Å². The van der Waals surface area contributed by atoms with Crippen molar-refractivity contribution >= 4 is 17.7 Å². The van der Waals surface area contributed by atoms with Gasteiger partial charge in [-0.25, -0.2) is 9.18 Å². The number of hydrogen-bond acceptors (Lipinski definition) is 5. The molecule has 0 spiro atoms. The average Bonchev–Trinajstić information content (AvgIpc) is 3.41. The molecule has 1 aromatic rings. The number of carbonyl (C=O) groups is 2. The number of benzene rings is 1. The number of halogens is 1. The molecule has 2 aliphatic rings. The van der Waals surface area contributed by atoms with Crippen molar-refractivity contribution < 1.29 is 28.6 Å². The minimum atomic E-state index is -0.830. The van der Waals surface area contributed by atoms with Crippen molar-refractivity contribution in [3.63, 3.8) is 0 Å². The van der Waals surface area contributed by atoms with Crippen molar-refractivity contribution in [2.75, 3.05) is 32.6 Å². The highest BCUT2D eigenvalue weighted by Crippen LogP contribution is 2.34. The zero-order valence-electron chi connectivity index (χ0n) is 16.0. The van der Waals surface area contributed by atoms with E-state index in [0.717, 1.165) is 25.5 Å². The first-order chi connectivity index (χ1) is 13.4. The standard InChI is InChI=1S/C19H26FN3O5/c1-27-16-8-17(28-2)15(7-14(16)20)22-19(26)21-12-5-13(6-12)23(10-18(24)25)9-11-3-4-11/h7-8,11-13H,3-6,9-10H2,1-2H3,(H,24,25)(H2,21,22,26). The van der Waals surface area contributed by atoms with Gasteiger partial charge in [0.15, 0.2) is 11.6 Å². The molecule has 2 amide bonds. The molecule has 8 nitrogen and oxygen atoms in total. The van der Waals surface area contributed by atoms with E-state index in [4.69, 9.17) is 14.6 Å². The monoisotopic (exact) mass is 395 g/mol. The van der Waals surface area contributed by atoms with Gasteiger partial charge in [0.2, 0.25) is 0 Å². The molecule has 0 aromatic heterocycles. The van der Waals surface area contributed by atoms with Crippen LogP contribution in [0.4, 0.5) is 14.9 Å². The van der Waals surface area contributed by atoms with Gasteiger partial charge in [-0.3, -0.25) is 9.69 Å². The number of anilines is 1. The molecule has 0 saturated heterocycles. The first-order valence-electron chi connectivity index (χ1n) is 9.34. The Hall–Kier alpha value is -2.55. The number of urea groups is 1. The van der Waals surface area contributed by atoms with Crippen LogP contribution in [0.3, 0.4) is 0 Å². The smallest absolute Gasteiger partial charge is 0.319 e. The quantitative estimate of drug-likeness (QED) is 0.593. The highest BCUT2D eigenvalue weighted by molar-refractivity contribution is 5.91. The summed E-state index contributed by atoms with van der Waals surface area (Å²) in [5.74, 6) is -0.516. The van der Waals surface area contributed by atoms with Crippen molar-refractivity contribution in [1.82, 2.24) is 10.2 Å². The molecular formula is C19H26FN3O5. The van der Waals surface area contributed by atoms with Crippen molar-refractivity contribution in [2.45, 2.75) is 37.8 Å². The molecule has 154 valence electrons. The minimum Gasteiger partial charge on any atom is -0.494 e. The van der Waals surface area contributed by atoms with Gasteiger partial charge < -0.3 is 25.2 Å². The summed E-state index contributed by atoms with van der Waals surface area (Å²) in [6.45, 7) is 0.834. The van der Waals surface area contributed by atoms with Crippen molar-refractivity contribution in [3.05, 3.63) is 17.9 Å². The van der Waals surface area contributed by atoms with Gasteiger partial charge in [0.1, 0.15) is 5.75 Å². The second kappa shape index (κ2) is 8.64. The molecule has 9 heteroatoms. The molecule has 0 radical (unpaired) electrons. The number of ether oxygens (including phenoxy) is 2. The van der Waals surface area contributed by atoms with Crippen LogP contribution >= 0.6 is 0 Å². The van der Waals surface area contributed by atoms with Crippen molar-refractivity contribution in [1.29, 1.82) is 0 Å². The summed E-state index contributed by atoms with van der Waals surface area (Å²) >= 11 is 0. The zero-order chi connectivity index (χ0) is 20.3. The number of carbonyl (C=O) groups excluding carboxylic acids is 1. The number of aliphatic carboxylic acids is 1. The number of methoxy groups -OCH3 is 2. The van der Waals surface area contributed by atoms with E-state index in [0.29, 0.717) is 18.8 Å². The van der Waals surface area contributed by atoms with Crippen molar-refractivity contribution in [2.24, 2.45) is 5.92 Å². The summed E-state index contributed by atoms with van der Waals surface area (Å²) in [6, 6.07) is 2.17. The molecule has 28 heavy (non-hydrogen) atoms. The fraction of sp³-hybridized carbons (Fsp3) is 0.579. The summed E-state index contributed by atoms with van der Waals surface area (Å²) in [7, 11) is 2.77. The first-order valence-corrected chi connectivity index (χ1v) is 9.34. The molecule has 3 rings (SSSR count). The van der Waals surface area contributed by atoms with Gasteiger partial charge in [0.05, 0.1) is 26.5 Å². The molecule has 2 fully saturated rings. The number of carboxylic acid groups (broad SMARTS) is 1. The van der Waals surface area contributed by atoms with Crippen LogP contribution in [0.1, 0.15) is 25.7 Å². The molecule has 3 N–H and O–H groups in total. The highest BCUT2D eigenvalue weighted by Gasteiger charge is 2.37. The molecule has 0 atom stereocenters. The molecule has 0 aliphatic heterocycles. The highest BCUT2D eigenvalue weighted by atomic mass is 19.1. The SMILES string of the molecule is COc1cc(OC)c(NC(=O)NC2CC(N(CC(=O)O)CC3CC3)C2)cc1F. The second-order valence-corrected chi connectivity index (χ2v) is 7.37. The molecule has 0 heterocycles. The Balaban J connectivity index is 1.51. The predicted octanol–water partition coefficient (Wildman–Crippen LogP) is 2.29. The van der Waals surface area contributed by atoms with E-state index in [2.05, 4.69) is 10.6 Å². The molecule has 2 saturated carbocycles. The topological polar surface area (TPSA) is 100 Å². The van der Waals surface area contributed by atoms with Gasteiger partial charge in [0, 0.05) is 30.8 Å². The number of nitrogens with one attached hydrogen (secondary N) is 2. The summed E-state index contributed by atoms with van der Waals surface area (Å²) in [5, 5.41) is 14.5. The molecular weight excluding hydrogens is 369 g/mol. The van der Waals surface area contributed by atoms with Gasteiger partial charge in [-0.2, -0.15) is 0 Å². The lowest BCUT2D eigenvalue weighted by Crippen LogP contribution is -2.55. The van der Waals surface area contributed by atoms with Crippen LogP contribution in [0.25, 0.3) is 0 Å². The zero-order valence-corrected chi connectivity index (χ0v) is 16.0. The molecule has 1 aromatic carbocycles. The Kier molecular flexibility index (Phi) is 6.23. The van der Waals surface area contributed by atoms with Crippen LogP contribution in [-0.4, -0.2) is 61.4 Å². The van der Waals surface area contributed by atoms with E-state index in [1.165, 1.54) is 20.3 Å². The van der Waals surface area contributed by atoms with Crippen LogP contribution in [0.2, 0.25) is 0 Å². The summed E-state index contributed by atoms with van der Waals surface area (Å²) < 4.78 is 24.0. The molecule has 0 unspecified atom stereocenters. The summed E-state index contributed by atoms with van der Waals surface area (Å²) in [5.41, 5.74) is 0.204. The Morgan fingerprint density at radius 1 is 1.21 bits per heavy atom. The third-order valence-corrected chi connectivity index (χ3v) is 5.21. The number of carboxylic acids is 1. The maximum atomic E-state index is 13.9. The summed E-state index contributed by atoms with van der Waals surface area (Å²) in [6.07, 6.45) is 3.71. The third-order valence-electron chi connectivity index (χ3n) is 5.21. The Labute approximate surface area is 163 Å². The van der Waals surface area contributed by atoms with E-state index < -0.39 is 17.8 Å². The van der Waals surface area contributed by atoms with Gasteiger partial charge >= 0.3 is 12.0 Å². The van der Waals surface area contributed by atoms with Crippen LogP contribution in [-0.2, 0) is 4.79 Å². The van der Waals surface area contributed by atoms with Crippen LogP contribution in [0, 0.1) is 11.7 Å². The van der Waals surface area contributed by atoms with E-state index >= 15 is 0 Å². The number of rotatable bonds is 9. The first kappa shape index (κ1) is 20.2. The molecule has 2 aliphatic carbocycles. The Morgan fingerprint density at radius 2 is 1.89 bits per heavy atom. The normalized spacial score (nSPS) is 21.0. The van der Waals surface area contributed by atoms with E-state index in [-0.39, 0.29) is 35.8 Å². The van der Waals surface area contributed by atoms with E-state index in [9.17, 15) is 14.0 Å². The number of nitrogens with zero attached hydrogens (tertiary/aromatic N) is 1.